The first kappa shape index (κ1) is 13.0. The zero-order valence-electron chi connectivity index (χ0n) is 9.82. The average molecular weight is 228 g/mol. The number of hydrogen-bond donors (Lipinski definition) is 3. The summed E-state index contributed by atoms with van der Waals surface area (Å²) >= 11 is 0. The molecule has 1 aliphatic carbocycles. The van der Waals surface area contributed by atoms with E-state index >= 15 is 0 Å². The molecule has 5 heteroatoms. The van der Waals surface area contributed by atoms with Gasteiger partial charge in [0.2, 0.25) is 5.91 Å². The lowest BCUT2D eigenvalue weighted by Crippen LogP contribution is -2.50. The van der Waals surface area contributed by atoms with E-state index in [4.69, 9.17) is 5.11 Å². The highest BCUT2D eigenvalue weighted by Gasteiger charge is 2.37. The standard InChI is InChI=1S/C11H20N2O3/c1-3-6-12-10(14)7(2)13-9(11(15)16)8-4-5-8/h7-9,13H,3-6H2,1-2H3,(H,12,14)(H,15,16). The number of carboxylic acid groups (broad SMARTS) is 1. The highest BCUT2D eigenvalue weighted by Crippen LogP contribution is 2.32. The topological polar surface area (TPSA) is 78.4 Å². The van der Waals surface area contributed by atoms with Crippen LogP contribution in [-0.2, 0) is 9.59 Å². The van der Waals surface area contributed by atoms with Crippen LogP contribution in [0, 0.1) is 5.92 Å². The second-order valence-electron chi connectivity index (χ2n) is 4.33. The number of carboxylic acids is 1. The molecule has 0 aromatic carbocycles. The van der Waals surface area contributed by atoms with E-state index in [1.54, 1.807) is 6.92 Å². The van der Waals surface area contributed by atoms with Crippen LogP contribution in [0.5, 0.6) is 0 Å². The lowest BCUT2D eigenvalue weighted by atomic mass is 10.1. The van der Waals surface area contributed by atoms with Crippen LogP contribution < -0.4 is 10.6 Å². The van der Waals surface area contributed by atoms with Gasteiger partial charge in [0.05, 0.1) is 6.04 Å². The SMILES string of the molecule is CCCNC(=O)C(C)NC(C(=O)O)C1CC1. The van der Waals surface area contributed by atoms with Gasteiger partial charge in [0, 0.05) is 6.54 Å². The van der Waals surface area contributed by atoms with Crippen LogP contribution in [0.2, 0.25) is 0 Å². The molecule has 0 radical (unpaired) electrons. The molecule has 1 fully saturated rings. The molecular weight excluding hydrogens is 208 g/mol. The summed E-state index contributed by atoms with van der Waals surface area (Å²) in [4.78, 5) is 22.5. The van der Waals surface area contributed by atoms with E-state index in [0.29, 0.717) is 6.54 Å². The maximum absolute atomic E-state index is 11.5. The van der Waals surface area contributed by atoms with E-state index in [1.807, 2.05) is 6.92 Å². The van der Waals surface area contributed by atoms with Crippen molar-refractivity contribution < 1.29 is 14.7 Å². The molecule has 0 aromatic heterocycles. The maximum Gasteiger partial charge on any atom is 0.321 e. The molecule has 16 heavy (non-hydrogen) atoms. The van der Waals surface area contributed by atoms with Crippen molar-refractivity contribution in [3.8, 4) is 0 Å². The predicted octanol–water partition coefficient (Wildman–Crippen LogP) is 0.354. The van der Waals surface area contributed by atoms with Crippen LogP contribution in [-0.4, -0.2) is 35.6 Å². The van der Waals surface area contributed by atoms with Gasteiger partial charge in [-0.05, 0) is 32.1 Å². The Morgan fingerprint density at radius 2 is 2.06 bits per heavy atom. The predicted molar refractivity (Wildman–Crippen MR) is 60.0 cm³/mol. The highest BCUT2D eigenvalue weighted by molar-refractivity contribution is 5.82. The van der Waals surface area contributed by atoms with E-state index in [-0.39, 0.29) is 11.8 Å². The van der Waals surface area contributed by atoms with Crippen molar-refractivity contribution in [2.45, 2.75) is 45.2 Å². The minimum atomic E-state index is -0.863. The van der Waals surface area contributed by atoms with Crippen molar-refractivity contribution in [3.05, 3.63) is 0 Å². The second-order valence-corrected chi connectivity index (χ2v) is 4.33. The largest absolute Gasteiger partial charge is 0.480 e. The summed E-state index contributed by atoms with van der Waals surface area (Å²) in [5.41, 5.74) is 0. The summed E-state index contributed by atoms with van der Waals surface area (Å²) < 4.78 is 0. The van der Waals surface area contributed by atoms with E-state index in [1.165, 1.54) is 0 Å². The number of hydrogen-bond acceptors (Lipinski definition) is 3. The van der Waals surface area contributed by atoms with Gasteiger partial charge >= 0.3 is 5.97 Å². The second kappa shape index (κ2) is 5.84. The fourth-order valence-electron chi connectivity index (χ4n) is 1.58. The minimum Gasteiger partial charge on any atom is -0.480 e. The third-order valence-electron chi connectivity index (χ3n) is 2.73. The number of carbonyl (C=O) groups excluding carboxylic acids is 1. The Morgan fingerprint density at radius 3 is 2.50 bits per heavy atom. The van der Waals surface area contributed by atoms with Gasteiger partial charge < -0.3 is 10.4 Å². The summed E-state index contributed by atoms with van der Waals surface area (Å²) in [6.07, 6.45) is 2.75. The molecule has 3 N–H and O–H groups in total. The molecule has 2 atom stereocenters. The van der Waals surface area contributed by atoms with Gasteiger partial charge in [-0.1, -0.05) is 6.92 Å². The molecule has 1 rings (SSSR count). The molecule has 1 amide bonds. The van der Waals surface area contributed by atoms with Gasteiger partial charge in [0.1, 0.15) is 6.04 Å². The third kappa shape index (κ3) is 3.81. The number of carbonyl (C=O) groups is 2. The van der Waals surface area contributed by atoms with Crippen LogP contribution >= 0.6 is 0 Å². The quantitative estimate of drug-likeness (QED) is 0.587. The lowest BCUT2D eigenvalue weighted by Gasteiger charge is -2.19. The van der Waals surface area contributed by atoms with Gasteiger partial charge in [-0.15, -0.1) is 0 Å². The Kier molecular flexibility index (Phi) is 4.73. The van der Waals surface area contributed by atoms with Gasteiger partial charge in [0.25, 0.3) is 0 Å². The molecule has 92 valence electrons. The number of amides is 1. The molecule has 1 aliphatic rings. The number of rotatable bonds is 7. The fourth-order valence-corrected chi connectivity index (χ4v) is 1.58. The van der Waals surface area contributed by atoms with Crippen molar-refractivity contribution in [2.24, 2.45) is 5.92 Å². The fraction of sp³-hybridized carbons (Fsp3) is 0.818. The summed E-state index contributed by atoms with van der Waals surface area (Å²) in [7, 11) is 0. The lowest BCUT2D eigenvalue weighted by molar-refractivity contribution is -0.140. The molecule has 0 saturated heterocycles. The normalized spacial score (nSPS) is 18.9. The third-order valence-corrected chi connectivity index (χ3v) is 2.73. The van der Waals surface area contributed by atoms with Crippen molar-refractivity contribution >= 4 is 11.9 Å². The van der Waals surface area contributed by atoms with Crippen molar-refractivity contribution in [2.75, 3.05) is 6.54 Å². The Morgan fingerprint density at radius 1 is 1.44 bits per heavy atom. The van der Waals surface area contributed by atoms with E-state index < -0.39 is 18.1 Å². The summed E-state index contributed by atoms with van der Waals surface area (Å²) in [5, 5.41) is 14.6. The van der Waals surface area contributed by atoms with Crippen LogP contribution in [0.4, 0.5) is 0 Å². The van der Waals surface area contributed by atoms with Crippen molar-refractivity contribution in [1.29, 1.82) is 0 Å². The molecule has 0 spiro atoms. The van der Waals surface area contributed by atoms with Gasteiger partial charge in [-0.2, -0.15) is 0 Å². The maximum atomic E-state index is 11.5. The van der Waals surface area contributed by atoms with E-state index in [0.717, 1.165) is 19.3 Å². The van der Waals surface area contributed by atoms with Gasteiger partial charge in [-0.3, -0.25) is 14.9 Å². The first-order chi connectivity index (χ1) is 7.56. The Labute approximate surface area is 95.6 Å². The smallest absolute Gasteiger partial charge is 0.321 e. The van der Waals surface area contributed by atoms with Crippen molar-refractivity contribution in [1.82, 2.24) is 10.6 Å². The first-order valence-electron chi connectivity index (χ1n) is 5.82. The molecule has 0 aliphatic heterocycles. The Bertz CT molecular complexity index is 264. The van der Waals surface area contributed by atoms with Crippen LogP contribution in [0.3, 0.4) is 0 Å². The van der Waals surface area contributed by atoms with Gasteiger partial charge in [-0.25, -0.2) is 0 Å². The average Bonchev–Trinajstić information content (AvgIpc) is 3.05. The molecule has 0 bridgehead atoms. The molecule has 0 aromatic rings. The zero-order chi connectivity index (χ0) is 12.1. The molecule has 5 nitrogen and oxygen atoms in total. The monoisotopic (exact) mass is 228 g/mol. The molecule has 0 heterocycles. The number of nitrogens with one attached hydrogen (secondary N) is 2. The van der Waals surface area contributed by atoms with Gasteiger partial charge in [0.15, 0.2) is 0 Å². The Hall–Kier alpha value is -1.10. The molecule has 2 unspecified atom stereocenters. The summed E-state index contributed by atoms with van der Waals surface area (Å²) in [5.74, 6) is -0.801. The minimum absolute atomic E-state index is 0.131. The first-order valence-corrected chi connectivity index (χ1v) is 5.82. The van der Waals surface area contributed by atoms with Crippen LogP contribution in [0.1, 0.15) is 33.1 Å². The van der Waals surface area contributed by atoms with Crippen LogP contribution in [0.15, 0.2) is 0 Å². The highest BCUT2D eigenvalue weighted by atomic mass is 16.4. The van der Waals surface area contributed by atoms with Crippen molar-refractivity contribution in [3.63, 3.8) is 0 Å². The summed E-state index contributed by atoms with van der Waals surface area (Å²) in [6.45, 7) is 4.30. The van der Waals surface area contributed by atoms with Crippen LogP contribution in [0.25, 0.3) is 0 Å². The van der Waals surface area contributed by atoms with E-state index in [9.17, 15) is 9.59 Å². The Balaban J connectivity index is 2.38. The van der Waals surface area contributed by atoms with E-state index in [2.05, 4.69) is 10.6 Å². The molecule has 1 saturated carbocycles. The summed E-state index contributed by atoms with van der Waals surface area (Å²) in [6, 6.07) is -1.03. The zero-order valence-corrected chi connectivity index (χ0v) is 9.82. The number of aliphatic carboxylic acids is 1. The molecular formula is C11H20N2O3.